The SMILES string of the molecule is CCN(CC)c1ccc(/C(=C/SCNc2ccc(F)cc2)NC)cc1. The second-order valence-electron chi connectivity index (χ2n) is 5.50. The van der Waals surface area contributed by atoms with Gasteiger partial charge in [0.25, 0.3) is 0 Å². The lowest BCUT2D eigenvalue weighted by molar-refractivity contribution is 0.628. The Bertz CT molecular complexity index is 664. The maximum Gasteiger partial charge on any atom is 0.123 e. The van der Waals surface area contributed by atoms with E-state index in [0.29, 0.717) is 5.88 Å². The smallest absolute Gasteiger partial charge is 0.123 e. The van der Waals surface area contributed by atoms with E-state index in [1.54, 1.807) is 23.9 Å². The lowest BCUT2D eigenvalue weighted by Crippen LogP contribution is -2.21. The number of rotatable bonds is 9. The summed E-state index contributed by atoms with van der Waals surface area (Å²) in [6.07, 6.45) is 0. The van der Waals surface area contributed by atoms with Crippen LogP contribution in [0.3, 0.4) is 0 Å². The molecule has 0 spiro atoms. The second-order valence-corrected chi connectivity index (χ2v) is 6.35. The van der Waals surface area contributed by atoms with Crippen LogP contribution < -0.4 is 15.5 Å². The van der Waals surface area contributed by atoms with E-state index in [1.165, 1.54) is 17.8 Å². The van der Waals surface area contributed by atoms with Crippen molar-refractivity contribution in [2.45, 2.75) is 13.8 Å². The summed E-state index contributed by atoms with van der Waals surface area (Å²) in [6.45, 7) is 6.35. The molecule has 0 aliphatic heterocycles. The Morgan fingerprint density at radius 1 is 1.04 bits per heavy atom. The van der Waals surface area contributed by atoms with Crippen LogP contribution >= 0.6 is 11.8 Å². The molecule has 0 bridgehead atoms. The number of hydrogen-bond acceptors (Lipinski definition) is 4. The van der Waals surface area contributed by atoms with Gasteiger partial charge >= 0.3 is 0 Å². The van der Waals surface area contributed by atoms with E-state index in [0.717, 1.165) is 30.0 Å². The lowest BCUT2D eigenvalue weighted by Gasteiger charge is -2.21. The van der Waals surface area contributed by atoms with Gasteiger partial charge in [-0.05, 0) is 61.2 Å². The van der Waals surface area contributed by atoms with Crippen molar-refractivity contribution in [3.8, 4) is 0 Å². The highest BCUT2D eigenvalue weighted by Crippen LogP contribution is 2.21. The van der Waals surface area contributed by atoms with Gasteiger partial charge in [0.2, 0.25) is 0 Å². The van der Waals surface area contributed by atoms with Crippen molar-refractivity contribution in [2.24, 2.45) is 0 Å². The fourth-order valence-corrected chi connectivity index (χ4v) is 3.28. The van der Waals surface area contributed by atoms with Crippen molar-refractivity contribution >= 4 is 28.8 Å². The Labute approximate surface area is 154 Å². The van der Waals surface area contributed by atoms with E-state index >= 15 is 0 Å². The Balaban J connectivity index is 1.93. The number of nitrogens with one attached hydrogen (secondary N) is 2. The average molecular weight is 360 g/mol. The third-order valence-corrected chi connectivity index (χ3v) is 4.69. The number of nitrogens with zero attached hydrogens (tertiary/aromatic N) is 1. The maximum absolute atomic E-state index is 12.9. The van der Waals surface area contributed by atoms with Gasteiger partial charge in [-0.25, -0.2) is 4.39 Å². The van der Waals surface area contributed by atoms with E-state index in [1.807, 2.05) is 7.05 Å². The van der Waals surface area contributed by atoms with Crippen LogP contribution in [0.5, 0.6) is 0 Å². The molecule has 0 saturated heterocycles. The van der Waals surface area contributed by atoms with Crippen molar-refractivity contribution in [2.75, 3.05) is 36.2 Å². The molecule has 0 heterocycles. The summed E-state index contributed by atoms with van der Waals surface area (Å²) >= 11 is 1.66. The largest absolute Gasteiger partial charge is 0.387 e. The third kappa shape index (κ3) is 5.71. The molecule has 0 aromatic heterocycles. The summed E-state index contributed by atoms with van der Waals surface area (Å²) in [5.74, 6) is 0.498. The molecule has 0 aliphatic carbocycles. The summed E-state index contributed by atoms with van der Waals surface area (Å²) in [6, 6.07) is 15.0. The molecule has 0 amide bonds. The van der Waals surface area contributed by atoms with E-state index in [-0.39, 0.29) is 5.82 Å². The fraction of sp³-hybridized carbons (Fsp3) is 0.300. The summed E-state index contributed by atoms with van der Waals surface area (Å²) in [5, 5.41) is 8.61. The first kappa shape index (κ1) is 19.2. The Morgan fingerprint density at radius 2 is 1.68 bits per heavy atom. The minimum Gasteiger partial charge on any atom is -0.387 e. The van der Waals surface area contributed by atoms with Crippen LogP contribution in [0.4, 0.5) is 15.8 Å². The number of benzene rings is 2. The third-order valence-electron chi connectivity index (χ3n) is 3.98. The minimum absolute atomic E-state index is 0.219. The Morgan fingerprint density at radius 3 is 2.24 bits per heavy atom. The van der Waals surface area contributed by atoms with Gasteiger partial charge in [-0.1, -0.05) is 12.1 Å². The molecule has 0 atom stereocenters. The first-order chi connectivity index (χ1) is 12.2. The highest BCUT2D eigenvalue weighted by Gasteiger charge is 2.04. The molecular weight excluding hydrogens is 333 g/mol. The number of hydrogen-bond donors (Lipinski definition) is 2. The molecule has 134 valence electrons. The van der Waals surface area contributed by atoms with Crippen molar-refractivity contribution in [1.82, 2.24) is 5.32 Å². The molecule has 2 rings (SSSR count). The van der Waals surface area contributed by atoms with Gasteiger partial charge in [-0.15, -0.1) is 11.8 Å². The number of halogens is 1. The van der Waals surface area contributed by atoms with E-state index in [2.05, 4.69) is 59.1 Å². The maximum atomic E-state index is 12.9. The first-order valence-electron chi connectivity index (χ1n) is 8.52. The quantitative estimate of drug-likeness (QED) is 0.487. The van der Waals surface area contributed by atoms with Crippen LogP contribution in [0.25, 0.3) is 5.70 Å². The normalized spacial score (nSPS) is 11.3. The minimum atomic E-state index is -0.219. The van der Waals surface area contributed by atoms with E-state index in [9.17, 15) is 4.39 Å². The van der Waals surface area contributed by atoms with Crippen LogP contribution in [0.2, 0.25) is 0 Å². The zero-order chi connectivity index (χ0) is 18.1. The van der Waals surface area contributed by atoms with Crippen LogP contribution in [-0.4, -0.2) is 26.0 Å². The van der Waals surface area contributed by atoms with Gasteiger partial charge in [-0.2, -0.15) is 0 Å². The standard InChI is InChI=1S/C20H26FN3S/c1-4-24(5-2)19-12-6-16(7-13-19)20(22-3)14-25-15-23-18-10-8-17(21)9-11-18/h6-14,22-23H,4-5,15H2,1-3H3/b20-14-. The highest BCUT2D eigenvalue weighted by molar-refractivity contribution is 8.02. The average Bonchev–Trinajstić information content (AvgIpc) is 2.65. The molecule has 2 N–H and O–H groups in total. The molecule has 2 aromatic rings. The summed E-state index contributed by atoms with van der Waals surface area (Å²) < 4.78 is 12.9. The second kappa shape index (κ2) is 9.99. The van der Waals surface area contributed by atoms with Gasteiger partial charge < -0.3 is 15.5 Å². The Hall–Kier alpha value is -2.14. The molecule has 0 unspecified atom stereocenters. The summed E-state index contributed by atoms with van der Waals surface area (Å²) in [7, 11) is 1.93. The van der Waals surface area contributed by atoms with Crippen molar-refractivity contribution in [3.05, 3.63) is 65.3 Å². The molecule has 0 fully saturated rings. The molecule has 2 aromatic carbocycles. The Kier molecular flexibility index (Phi) is 7.67. The summed E-state index contributed by atoms with van der Waals surface area (Å²) in [4.78, 5) is 2.33. The van der Waals surface area contributed by atoms with Gasteiger partial charge in [-0.3, -0.25) is 0 Å². The molecule has 25 heavy (non-hydrogen) atoms. The van der Waals surface area contributed by atoms with Crippen LogP contribution in [0, 0.1) is 5.82 Å². The molecule has 0 saturated carbocycles. The van der Waals surface area contributed by atoms with Gasteiger partial charge in [0.05, 0.1) is 5.88 Å². The molecule has 3 nitrogen and oxygen atoms in total. The fourth-order valence-electron chi connectivity index (χ4n) is 2.53. The van der Waals surface area contributed by atoms with Gasteiger partial charge in [0.15, 0.2) is 0 Å². The molecular formula is C20H26FN3S. The van der Waals surface area contributed by atoms with Crippen molar-refractivity contribution in [3.63, 3.8) is 0 Å². The van der Waals surface area contributed by atoms with Crippen molar-refractivity contribution < 1.29 is 4.39 Å². The highest BCUT2D eigenvalue weighted by atomic mass is 32.2. The lowest BCUT2D eigenvalue weighted by atomic mass is 10.1. The molecule has 0 radical (unpaired) electrons. The van der Waals surface area contributed by atoms with Crippen molar-refractivity contribution in [1.29, 1.82) is 0 Å². The predicted molar refractivity (Wildman–Crippen MR) is 110 cm³/mol. The number of thioether (sulfide) groups is 1. The first-order valence-corrected chi connectivity index (χ1v) is 9.57. The number of anilines is 2. The molecule has 0 aliphatic rings. The topological polar surface area (TPSA) is 27.3 Å². The van der Waals surface area contributed by atoms with Crippen LogP contribution in [0.15, 0.2) is 53.9 Å². The predicted octanol–water partition coefficient (Wildman–Crippen LogP) is 4.99. The van der Waals surface area contributed by atoms with Gasteiger partial charge in [0.1, 0.15) is 5.82 Å². The monoisotopic (exact) mass is 359 g/mol. The zero-order valence-corrected chi connectivity index (χ0v) is 15.9. The summed E-state index contributed by atoms with van der Waals surface area (Å²) in [5.41, 5.74) is 4.40. The van der Waals surface area contributed by atoms with Crippen LogP contribution in [0.1, 0.15) is 19.4 Å². The van der Waals surface area contributed by atoms with Gasteiger partial charge in [0, 0.05) is 37.2 Å². The molecule has 5 heteroatoms. The van der Waals surface area contributed by atoms with E-state index in [4.69, 9.17) is 0 Å². The zero-order valence-electron chi connectivity index (χ0n) is 15.1. The van der Waals surface area contributed by atoms with E-state index < -0.39 is 0 Å². The van der Waals surface area contributed by atoms with Crippen LogP contribution in [-0.2, 0) is 0 Å².